The molecule has 0 unspecified atom stereocenters. The minimum absolute atomic E-state index is 0.0441. The fourth-order valence-electron chi connectivity index (χ4n) is 3.71. The van der Waals surface area contributed by atoms with Gasteiger partial charge in [0.1, 0.15) is 0 Å². The number of hydrogen-bond acceptors (Lipinski definition) is 4. The largest absolute Gasteiger partial charge is 0.383 e. The molecule has 0 aromatic carbocycles. The highest BCUT2D eigenvalue weighted by molar-refractivity contribution is 5.81. The van der Waals surface area contributed by atoms with Crippen LogP contribution in [0.3, 0.4) is 0 Å². The Kier molecular flexibility index (Phi) is 8.22. The van der Waals surface area contributed by atoms with E-state index < -0.39 is 0 Å². The summed E-state index contributed by atoms with van der Waals surface area (Å²) >= 11 is 0. The van der Waals surface area contributed by atoms with Crippen molar-refractivity contribution in [3.8, 4) is 0 Å². The summed E-state index contributed by atoms with van der Waals surface area (Å²) in [4.78, 5) is 17.2. The summed E-state index contributed by atoms with van der Waals surface area (Å²) in [6.45, 7) is 9.71. The predicted octanol–water partition coefficient (Wildman–Crippen LogP) is 2.03. The highest BCUT2D eigenvalue weighted by atomic mass is 16.5. The summed E-state index contributed by atoms with van der Waals surface area (Å²) < 4.78 is 5.18. The van der Waals surface area contributed by atoms with Crippen LogP contribution in [0.15, 0.2) is 11.6 Å². The van der Waals surface area contributed by atoms with Gasteiger partial charge in [-0.2, -0.15) is 0 Å². The average molecular weight is 338 g/mol. The molecule has 0 aromatic heterocycles. The van der Waals surface area contributed by atoms with Crippen LogP contribution >= 0.6 is 0 Å². The number of hydrogen-bond donors (Lipinski definition) is 1. The number of methoxy groups -OCH3 is 1. The SMILES string of the molecule is COCCN1CCN([C@@H](C)C(=O)NCCC2=CCCCC2)C[C@@H]1C. The van der Waals surface area contributed by atoms with Gasteiger partial charge in [-0.05, 0) is 46.0 Å². The quantitative estimate of drug-likeness (QED) is 0.689. The van der Waals surface area contributed by atoms with E-state index in [4.69, 9.17) is 4.74 Å². The van der Waals surface area contributed by atoms with E-state index in [2.05, 4.69) is 28.1 Å². The number of nitrogens with zero attached hydrogens (tertiary/aromatic N) is 2. The average Bonchev–Trinajstić information content (AvgIpc) is 2.61. The molecule has 5 heteroatoms. The van der Waals surface area contributed by atoms with Gasteiger partial charge in [0, 0.05) is 45.9 Å². The fraction of sp³-hybridized carbons (Fsp3) is 0.842. The summed E-state index contributed by atoms with van der Waals surface area (Å²) in [6, 6.07) is 0.425. The zero-order valence-electron chi connectivity index (χ0n) is 15.7. The van der Waals surface area contributed by atoms with Crippen molar-refractivity contribution >= 4 is 5.91 Å². The molecule has 1 aliphatic heterocycles. The van der Waals surface area contributed by atoms with Crippen molar-refractivity contribution in [1.29, 1.82) is 0 Å². The van der Waals surface area contributed by atoms with Crippen molar-refractivity contribution < 1.29 is 9.53 Å². The van der Waals surface area contributed by atoms with E-state index in [1.807, 2.05) is 6.92 Å². The van der Waals surface area contributed by atoms with Crippen LogP contribution in [0.4, 0.5) is 0 Å². The van der Waals surface area contributed by atoms with Crippen molar-refractivity contribution in [1.82, 2.24) is 15.1 Å². The van der Waals surface area contributed by atoms with Crippen LogP contribution in [0.5, 0.6) is 0 Å². The Balaban J connectivity index is 1.70. The maximum Gasteiger partial charge on any atom is 0.237 e. The van der Waals surface area contributed by atoms with Gasteiger partial charge in [-0.1, -0.05) is 11.6 Å². The van der Waals surface area contributed by atoms with Gasteiger partial charge in [0.05, 0.1) is 12.6 Å². The number of ether oxygens (including phenoxy) is 1. The second kappa shape index (κ2) is 10.2. The molecule has 0 spiro atoms. The second-order valence-corrected chi connectivity index (χ2v) is 7.20. The van der Waals surface area contributed by atoms with Gasteiger partial charge in [-0.3, -0.25) is 14.6 Å². The summed E-state index contributed by atoms with van der Waals surface area (Å²) in [5.41, 5.74) is 1.52. The molecule has 0 bridgehead atoms. The van der Waals surface area contributed by atoms with E-state index in [1.54, 1.807) is 7.11 Å². The molecule has 1 amide bonds. The molecule has 1 N–H and O–H groups in total. The molecule has 2 atom stereocenters. The third kappa shape index (κ3) is 5.87. The van der Waals surface area contributed by atoms with Crippen LogP contribution in [0, 0.1) is 0 Å². The maximum atomic E-state index is 12.4. The fourth-order valence-corrected chi connectivity index (χ4v) is 3.71. The molecule has 1 fully saturated rings. The van der Waals surface area contributed by atoms with Crippen LogP contribution in [0.25, 0.3) is 0 Å². The minimum Gasteiger partial charge on any atom is -0.383 e. The molecular weight excluding hydrogens is 302 g/mol. The van der Waals surface area contributed by atoms with Crippen molar-refractivity contribution in [2.75, 3.05) is 46.4 Å². The lowest BCUT2D eigenvalue weighted by molar-refractivity contribution is -0.127. The van der Waals surface area contributed by atoms with Crippen LogP contribution in [0.2, 0.25) is 0 Å². The standard InChI is InChI=1S/C19H35N3O2/c1-16-15-22(12-11-21(16)13-14-24-3)17(2)19(23)20-10-9-18-7-5-4-6-8-18/h7,16-17H,4-6,8-15H2,1-3H3,(H,20,23)/t16-,17-/m0/s1. The van der Waals surface area contributed by atoms with Crippen molar-refractivity contribution in [2.45, 2.75) is 58.0 Å². The normalized spacial score (nSPS) is 24.5. The lowest BCUT2D eigenvalue weighted by Crippen LogP contribution is -2.57. The summed E-state index contributed by atoms with van der Waals surface area (Å²) in [5, 5.41) is 3.13. The number of nitrogens with one attached hydrogen (secondary N) is 1. The van der Waals surface area contributed by atoms with Gasteiger partial charge < -0.3 is 10.1 Å². The molecule has 0 aromatic rings. The molecule has 5 nitrogen and oxygen atoms in total. The number of piperazine rings is 1. The van der Waals surface area contributed by atoms with Crippen molar-refractivity contribution in [3.05, 3.63) is 11.6 Å². The van der Waals surface area contributed by atoms with Gasteiger partial charge in [0.2, 0.25) is 5.91 Å². The van der Waals surface area contributed by atoms with Gasteiger partial charge >= 0.3 is 0 Å². The second-order valence-electron chi connectivity index (χ2n) is 7.20. The zero-order valence-corrected chi connectivity index (χ0v) is 15.7. The topological polar surface area (TPSA) is 44.8 Å². The molecule has 1 aliphatic carbocycles. The molecule has 2 aliphatic rings. The van der Waals surface area contributed by atoms with Crippen molar-refractivity contribution in [2.24, 2.45) is 0 Å². The van der Waals surface area contributed by atoms with E-state index >= 15 is 0 Å². The lowest BCUT2D eigenvalue weighted by Gasteiger charge is -2.41. The van der Waals surface area contributed by atoms with E-state index in [0.29, 0.717) is 6.04 Å². The van der Waals surface area contributed by atoms with Crippen molar-refractivity contribution in [3.63, 3.8) is 0 Å². The van der Waals surface area contributed by atoms with Crippen LogP contribution in [-0.4, -0.2) is 74.2 Å². The summed E-state index contributed by atoms with van der Waals surface area (Å²) in [7, 11) is 1.75. The first-order valence-electron chi connectivity index (χ1n) is 9.54. The first-order chi connectivity index (χ1) is 11.6. The molecule has 24 heavy (non-hydrogen) atoms. The van der Waals surface area contributed by atoms with Crippen LogP contribution in [-0.2, 0) is 9.53 Å². The Hall–Kier alpha value is -0.910. The Bertz CT molecular complexity index is 425. The third-order valence-corrected chi connectivity index (χ3v) is 5.44. The number of rotatable bonds is 8. The van der Waals surface area contributed by atoms with E-state index in [-0.39, 0.29) is 11.9 Å². The lowest BCUT2D eigenvalue weighted by atomic mass is 9.97. The van der Waals surface area contributed by atoms with Gasteiger partial charge in [0.15, 0.2) is 0 Å². The first-order valence-corrected chi connectivity index (χ1v) is 9.54. The maximum absolute atomic E-state index is 12.4. The van der Waals surface area contributed by atoms with Crippen LogP contribution in [0.1, 0.15) is 46.0 Å². The molecule has 0 radical (unpaired) electrons. The molecular formula is C19H35N3O2. The predicted molar refractivity (Wildman–Crippen MR) is 98.1 cm³/mol. The molecule has 2 rings (SSSR count). The van der Waals surface area contributed by atoms with E-state index in [9.17, 15) is 4.79 Å². The smallest absolute Gasteiger partial charge is 0.237 e. The number of amides is 1. The molecule has 0 saturated carbocycles. The highest BCUT2D eigenvalue weighted by Gasteiger charge is 2.29. The van der Waals surface area contributed by atoms with E-state index in [1.165, 1.54) is 31.3 Å². The molecule has 1 heterocycles. The minimum atomic E-state index is -0.0441. The van der Waals surface area contributed by atoms with Gasteiger partial charge in [-0.15, -0.1) is 0 Å². The monoisotopic (exact) mass is 337 g/mol. The Morgan fingerprint density at radius 3 is 2.92 bits per heavy atom. The summed E-state index contributed by atoms with van der Waals surface area (Å²) in [5.74, 6) is 0.170. The Labute approximate surface area is 147 Å². The van der Waals surface area contributed by atoms with Gasteiger partial charge in [-0.25, -0.2) is 0 Å². The highest BCUT2D eigenvalue weighted by Crippen LogP contribution is 2.19. The summed E-state index contributed by atoms with van der Waals surface area (Å²) in [6.07, 6.45) is 8.43. The Morgan fingerprint density at radius 2 is 2.25 bits per heavy atom. The first kappa shape index (κ1) is 19.4. The Morgan fingerprint density at radius 1 is 1.42 bits per heavy atom. The van der Waals surface area contributed by atoms with Crippen LogP contribution < -0.4 is 5.32 Å². The molecule has 1 saturated heterocycles. The molecule has 138 valence electrons. The van der Waals surface area contributed by atoms with E-state index in [0.717, 1.165) is 45.8 Å². The zero-order chi connectivity index (χ0) is 17.4. The number of carbonyl (C=O) groups is 1. The third-order valence-electron chi connectivity index (χ3n) is 5.44. The number of allylic oxidation sites excluding steroid dienone is 1. The number of carbonyl (C=O) groups excluding carboxylic acids is 1. The van der Waals surface area contributed by atoms with Gasteiger partial charge in [0.25, 0.3) is 0 Å².